The van der Waals surface area contributed by atoms with Crippen molar-refractivity contribution in [1.29, 1.82) is 0 Å². The van der Waals surface area contributed by atoms with Gasteiger partial charge in [0, 0.05) is 0 Å². The zero-order valence-electron chi connectivity index (χ0n) is 12.5. The van der Waals surface area contributed by atoms with Gasteiger partial charge in [0.15, 0.2) is 5.75 Å². The van der Waals surface area contributed by atoms with Crippen LogP contribution in [0.1, 0.15) is 24.0 Å². The first-order chi connectivity index (χ1) is 11.0. The van der Waals surface area contributed by atoms with Gasteiger partial charge in [-0.15, -0.1) is 0 Å². The maximum Gasteiger partial charge on any atom is 0.416 e. The molecule has 2 aromatic rings. The van der Waals surface area contributed by atoms with E-state index in [0.717, 1.165) is 38.1 Å². The van der Waals surface area contributed by atoms with Crippen molar-refractivity contribution < 1.29 is 17.9 Å². The van der Waals surface area contributed by atoms with E-state index in [9.17, 15) is 13.2 Å². The highest BCUT2D eigenvalue weighted by molar-refractivity contribution is 5.26. The normalized spacial score (nSPS) is 16.5. The average Bonchev–Trinajstić information content (AvgIpc) is 2.95. The Hall–Kier alpha value is -2.02. The minimum absolute atomic E-state index is 0.169. The second-order valence-corrected chi connectivity index (χ2v) is 5.64. The summed E-state index contributed by atoms with van der Waals surface area (Å²) in [7, 11) is 0. The van der Waals surface area contributed by atoms with Gasteiger partial charge in [-0.1, -0.05) is 12.1 Å². The molecule has 4 nitrogen and oxygen atoms in total. The van der Waals surface area contributed by atoms with Gasteiger partial charge < -0.3 is 10.1 Å². The molecule has 1 saturated heterocycles. The molecule has 1 aliphatic heterocycles. The van der Waals surface area contributed by atoms with E-state index in [4.69, 9.17) is 4.74 Å². The average molecular weight is 325 g/mol. The molecule has 0 amide bonds. The van der Waals surface area contributed by atoms with Crippen LogP contribution in [-0.4, -0.2) is 29.0 Å². The number of hydrogen-bond donors (Lipinski definition) is 1. The predicted octanol–water partition coefficient (Wildman–Crippen LogP) is 3.08. The number of benzene rings is 1. The summed E-state index contributed by atoms with van der Waals surface area (Å²) in [5.74, 6) is 0.656. The number of nitrogens with one attached hydrogen (secondary N) is 1. The molecule has 3 rings (SSSR count). The van der Waals surface area contributed by atoms with Crippen LogP contribution in [0.5, 0.6) is 5.75 Å². The molecule has 1 aliphatic rings. The minimum Gasteiger partial charge on any atom is -0.487 e. The van der Waals surface area contributed by atoms with Crippen LogP contribution in [-0.2, 0) is 12.7 Å². The van der Waals surface area contributed by atoms with Crippen LogP contribution in [0, 0.1) is 0 Å². The molecule has 0 spiro atoms. The maximum atomic E-state index is 12.7. The number of hydrogen-bond acceptors (Lipinski definition) is 3. The quantitative estimate of drug-likeness (QED) is 0.939. The highest BCUT2D eigenvalue weighted by Gasteiger charge is 2.30. The third-order valence-electron chi connectivity index (χ3n) is 3.80. The number of piperidine rings is 1. The lowest BCUT2D eigenvalue weighted by Crippen LogP contribution is -2.34. The van der Waals surface area contributed by atoms with E-state index in [-0.39, 0.29) is 12.6 Å². The number of ether oxygens (including phenoxy) is 1. The zero-order valence-corrected chi connectivity index (χ0v) is 12.5. The summed E-state index contributed by atoms with van der Waals surface area (Å²) in [4.78, 5) is 0. The number of alkyl halides is 3. The van der Waals surface area contributed by atoms with Crippen LogP contribution in [0.2, 0.25) is 0 Å². The fourth-order valence-corrected chi connectivity index (χ4v) is 2.63. The van der Waals surface area contributed by atoms with Gasteiger partial charge in [-0.25, -0.2) is 0 Å². The third kappa shape index (κ3) is 4.25. The summed E-state index contributed by atoms with van der Waals surface area (Å²) in [6.45, 7) is 2.14. The lowest BCUT2D eigenvalue weighted by molar-refractivity contribution is -0.137. The number of halogens is 3. The Morgan fingerprint density at radius 2 is 2.04 bits per heavy atom. The van der Waals surface area contributed by atoms with E-state index in [2.05, 4.69) is 10.4 Å². The zero-order chi connectivity index (χ0) is 16.3. The van der Waals surface area contributed by atoms with Gasteiger partial charge in [-0.3, -0.25) is 4.68 Å². The Labute approximate surface area is 132 Å². The standard InChI is InChI=1S/C16H18F3N3O/c17-16(18,19)13-3-1-2-12(8-13)10-22-11-15(9-21-22)23-14-4-6-20-7-5-14/h1-3,8-9,11,14,20H,4-7,10H2. The summed E-state index contributed by atoms with van der Waals surface area (Å²) in [6.07, 6.45) is 1.06. The molecule has 1 aromatic heterocycles. The van der Waals surface area contributed by atoms with E-state index >= 15 is 0 Å². The molecule has 23 heavy (non-hydrogen) atoms. The molecule has 1 N–H and O–H groups in total. The monoisotopic (exact) mass is 325 g/mol. The highest BCUT2D eigenvalue weighted by Crippen LogP contribution is 2.29. The topological polar surface area (TPSA) is 39.1 Å². The van der Waals surface area contributed by atoms with Gasteiger partial charge in [0.05, 0.1) is 24.5 Å². The highest BCUT2D eigenvalue weighted by atomic mass is 19.4. The van der Waals surface area contributed by atoms with Crippen molar-refractivity contribution >= 4 is 0 Å². The molecule has 0 saturated carbocycles. The molecule has 0 aliphatic carbocycles. The molecule has 7 heteroatoms. The predicted molar refractivity (Wildman–Crippen MR) is 79.3 cm³/mol. The van der Waals surface area contributed by atoms with Crippen LogP contribution in [0.3, 0.4) is 0 Å². The molecule has 0 bridgehead atoms. The van der Waals surface area contributed by atoms with E-state index in [1.165, 1.54) is 6.07 Å². The van der Waals surface area contributed by atoms with Gasteiger partial charge in [0.25, 0.3) is 0 Å². The Balaban J connectivity index is 1.64. The fourth-order valence-electron chi connectivity index (χ4n) is 2.63. The lowest BCUT2D eigenvalue weighted by Gasteiger charge is -2.22. The van der Waals surface area contributed by atoms with Crippen molar-refractivity contribution in [2.75, 3.05) is 13.1 Å². The van der Waals surface area contributed by atoms with Crippen LogP contribution < -0.4 is 10.1 Å². The molecule has 0 unspecified atom stereocenters. The Kier molecular flexibility index (Phi) is 4.56. The smallest absolute Gasteiger partial charge is 0.416 e. The molecule has 0 radical (unpaired) electrons. The van der Waals surface area contributed by atoms with Gasteiger partial charge in [-0.05, 0) is 43.6 Å². The minimum atomic E-state index is -4.33. The Bertz CT molecular complexity index is 648. The third-order valence-corrected chi connectivity index (χ3v) is 3.80. The molecule has 2 heterocycles. The Morgan fingerprint density at radius 1 is 1.26 bits per heavy atom. The molecule has 1 fully saturated rings. The van der Waals surface area contributed by atoms with Gasteiger partial charge in [0.2, 0.25) is 0 Å². The summed E-state index contributed by atoms with van der Waals surface area (Å²) < 4.78 is 45.6. The molecule has 124 valence electrons. The second-order valence-electron chi connectivity index (χ2n) is 5.64. The fraction of sp³-hybridized carbons (Fsp3) is 0.438. The first-order valence-corrected chi connectivity index (χ1v) is 7.57. The van der Waals surface area contributed by atoms with E-state index in [1.807, 2.05) is 0 Å². The first-order valence-electron chi connectivity index (χ1n) is 7.57. The van der Waals surface area contributed by atoms with Crippen molar-refractivity contribution in [2.45, 2.75) is 31.7 Å². The van der Waals surface area contributed by atoms with E-state index < -0.39 is 11.7 Å². The SMILES string of the molecule is FC(F)(F)c1cccc(Cn2cc(OC3CCNCC3)cn2)c1. The largest absolute Gasteiger partial charge is 0.487 e. The van der Waals surface area contributed by atoms with Crippen LogP contribution >= 0.6 is 0 Å². The maximum absolute atomic E-state index is 12.7. The number of aromatic nitrogens is 2. The van der Waals surface area contributed by atoms with Crippen molar-refractivity contribution in [2.24, 2.45) is 0 Å². The second kappa shape index (κ2) is 6.62. The molecule has 0 atom stereocenters. The molecular formula is C16H18F3N3O. The summed E-state index contributed by atoms with van der Waals surface area (Å²) in [5.41, 5.74) is -0.0929. The summed E-state index contributed by atoms with van der Waals surface area (Å²) in [5, 5.41) is 7.43. The Morgan fingerprint density at radius 3 is 2.78 bits per heavy atom. The first kappa shape index (κ1) is 15.9. The van der Waals surface area contributed by atoms with E-state index in [1.54, 1.807) is 23.1 Å². The van der Waals surface area contributed by atoms with Gasteiger partial charge in [-0.2, -0.15) is 18.3 Å². The van der Waals surface area contributed by atoms with Crippen molar-refractivity contribution in [3.8, 4) is 5.75 Å². The van der Waals surface area contributed by atoms with Crippen molar-refractivity contribution in [3.05, 3.63) is 47.8 Å². The number of nitrogens with zero attached hydrogens (tertiary/aromatic N) is 2. The van der Waals surface area contributed by atoms with Crippen LogP contribution in [0.15, 0.2) is 36.7 Å². The van der Waals surface area contributed by atoms with Crippen molar-refractivity contribution in [1.82, 2.24) is 15.1 Å². The summed E-state index contributed by atoms with van der Waals surface area (Å²) >= 11 is 0. The summed E-state index contributed by atoms with van der Waals surface area (Å²) in [6, 6.07) is 5.28. The molecule has 1 aromatic carbocycles. The lowest BCUT2D eigenvalue weighted by atomic mass is 10.1. The van der Waals surface area contributed by atoms with Crippen molar-refractivity contribution in [3.63, 3.8) is 0 Å². The van der Waals surface area contributed by atoms with Gasteiger partial charge >= 0.3 is 6.18 Å². The van der Waals surface area contributed by atoms with E-state index in [0.29, 0.717) is 11.3 Å². The number of rotatable bonds is 4. The van der Waals surface area contributed by atoms with Crippen LogP contribution in [0.25, 0.3) is 0 Å². The van der Waals surface area contributed by atoms with Gasteiger partial charge in [0.1, 0.15) is 6.10 Å². The van der Waals surface area contributed by atoms with Crippen LogP contribution in [0.4, 0.5) is 13.2 Å². The molecular weight excluding hydrogens is 307 g/mol.